The van der Waals surface area contributed by atoms with Crippen molar-refractivity contribution >= 4 is 21.4 Å². The molecule has 1 unspecified atom stereocenters. The first-order valence-corrected chi connectivity index (χ1v) is 11.9. The van der Waals surface area contributed by atoms with Gasteiger partial charge in [0.1, 0.15) is 19.0 Å². The minimum Gasteiger partial charge on any atom is -0.474 e. The molecule has 0 radical (unpaired) electrons. The topological polar surface area (TPSA) is 136 Å². The lowest BCUT2D eigenvalue weighted by Crippen LogP contribution is -2.57. The second kappa shape index (κ2) is 9.88. The summed E-state index contributed by atoms with van der Waals surface area (Å²) < 4.78 is 42.2. The number of nitrogens with two attached hydrogens (primary N) is 1. The number of aryl methyl sites for hydroxylation is 1. The van der Waals surface area contributed by atoms with E-state index in [0.717, 1.165) is 12.0 Å². The van der Waals surface area contributed by atoms with Gasteiger partial charge in [-0.15, -0.1) is 0 Å². The number of carbonyl (C=O) groups excluding carboxylic acids is 1. The van der Waals surface area contributed by atoms with Gasteiger partial charge in [0.25, 0.3) is 5.91 Å². The molecule has 4 N–H and O–H groups in total. The van der Waals surface area contributed by atoms with E-state index in [-0.39, 0.29) is 23.9 Å². The molecule has 1 aromatic carbocycles. The van der Waals surface area contributed by atoms with Crippen LogP contribution in [0.3, 0.4) is 0 Å². The molecule has 32 heavy (non-hydrogen) atoms. The van der Waals surface area contributed by atoms with E-state index in [4.69, 9.17) is 10.5 Å². The van der Waals surface area contributed by atoms with Crippen molar-refractivity contribution in [1.29, 1.82) is 0 Å². The Morgan fingerprint density at radius 2 is 2.09 bits per heavy atom. The minimum absolute atomic E-state index is 0.0448. The molecular weight excluding hydrogens is 437 g/mol. The van der Waals surface area contributed by atoms with Crippen molar-refractivity contribution in [2.75, 3.05) is 25.1 Å². The number of rotatable bonds is 5. The summed E-state index contributed by atoms with van der Waals surface area (Å²) in [7, 11) is -3.60. The Labute approximate surface area is 186 Å². The molecule has 3 rings (SSSR count). The number of alkyl halides is 1. The van der Waals surface area contributed by atoms with E-state index in [9.17, 15) is 17.6 Å². The predicted octanol–water partition coefficient (Wildman–Crippen LogP) is 1.59. The summed E-state index contributed by atoms with van der Waals surface area (Å²) in [5, 5.41) is 5.82. The number of sulfone groups is 1. The normalized spacial score (nSPS) is 20.1. The fraction of sp³-hybridized carbons (Fsp3) is 0.476. The van der Waals surface area contributed by atoms with Crippen LogP contribution < -0.4 is 21.1 Å². The monoisotopic (exact) mass is 465 g/mol. The first kappa shape index (κ1) is 24.0. The maximum Gasteiger partial charge on any atom is 0.275 e. The molecule has 1 aliphatic heterocycles. The Bertz CT molecular complexity index is 1060. The lowest BCUT2D eigenvalue weighted by molar-refractivity contribution is 0.102. The van der Waals surface area contributed by atoms with Gasteiger partial charge in [-0.3, -0.25) is 4.79 Å². The number of anilines is 1. The van der Waals surface area contributed by atoms with Crippen LogP contribution in [0.1, 0.15) is 41.9 Å². The van der Waals surface area contributed by atoms with E-state index in [0.29, 0.717) is 24.2 Å². The van der Waals surface area contributed by atoms with E-state index in [1.54, 1.807) is 26.0 Å². The third kappa shape index (κ3) is 5.40. The third-order valence-electron chi connectivity index (χ3n) is 5.54. The molecule has 9 nitrogen and oxygen atoms in total. The highest BCUT2D eigenvalue weighted by Gasteiger charge is 2.40. The SMILES string of the molecule is CC1(C)C(N)NCCCc2ccc(NC(=O)c3cnc(OCCF)cn3)cc2CS1(=O)=O. The van der Waals surface area contributed by atoms with E-state index >= 15 is 0 Å². The summed E-state index contributed by atoms with van der Waals surface area (Å²) in [5.74, 6) is -0.578. The quantitative estimate of drug-likeness (QED) is 0.606. The molecule has 0 saturated heterocycles. The number of ether oxygens (including phenoxy) is 1. The van der Waals surface area contributed by atoms with Gasteiger partial charge in [0.2, 0.25) is 5.88 Å². The van der Waals surface area contributed by atoms with Crippen LogP contribution in [0.2, 0.25) is 0 Å². The van der Waals surface area contributed by atoms with E-state index < -0.39 is 33.3 Å². The third-order valence-corrected chi connectivity index (χ3v) is 8.08. The second-order valence-electron chi connectivity index (χ2n) is 8.11. The lowest BCUT2D eigenvalue weighted by atomic mass is 10.0. The molecule has 2 aromatic rings. The predicted molar refractivity (Wildman–Crippen MR) is 119 cm³/mol. The summed E-state index contributed by atoms with van der Waals surface area (Å²) in [5.41, 5.74) is 8.14. The number of hydrogen-bond donors (Lipinski definition) is 3. The summed E-state index contributed by atoms with van der Waals surface area (Å²) in [6.07, 6.45) is 3.27. The molecule has 0 fully saturated rings. The van der Waals surface area contributed by atoms with Crippen molar-refractivity contribution < 1.29 is 22.3 Å². The summed E-state index contributed by atoms with van der Waals surface area (Å²) in [6, 6.07) is 5.23. The van der Waals surface area contributed by atoms with Crippen molar-refractivity contribution in [3.8, 4) is 5.88 Å². The zero-order valence-corrected chi connectivity index (χ0v) is 18.9. The van der Waals surface area contributed by atoms with Gasteiger partial charge >= 0.3 is 0 Å². The van der Waals surface area contributed by atoms with Crippen LogP contribution in [0.4, 0.5) is 10.1 Å². The maximum atomic E-state index is 13.1. The van der Waals surface area contributed by atoms with Gasteiger partial charge in [0, 0.05) is 5.69 Å². The number of aromatic nitrogens is 2. The lowest BCUT2D eigenvalue weighted by Gasteiger charge is -2.33. The number of hydrogen-bond acceptors (Lipinski definition) is 8. The largest absolute Gasteiger partial charge is 0.474 e. The number of nitrogens with zero attached hydrogens (tertiary/aromatic N) is 2. The zero-order chi connectivity index (χ0) is 23.4. The Morgan fingerprint density at radius 1 is 1.31 bits per heavy atom. The molecule has 174 valence electrons. The van der Waals surface area contributed by atoms with E-state index in [1.165, 1.54) is 12.4 Å². The molecule has 1 aromatic heterocycles. The van der Waals surface area contributed by atoms with Gasteiger partial charge in [0.15, 0.2) is 9.84 Å². The van der Waals surface area contributed by atoms with Crippen LogP contribution >= 0.6 is 0 Å². The molecule has 2 heterocycles. The first-order valence-electron chi connectivity index (χ1n) is 10.3. The molecule has 1 aliphatic rings. The number of benzene rings is 1. The average Bonchev–Trinajstić information content (AvgIpc) is 2.75. The number of nitrogens with one attached hydrogen (secondary N) is 2. The molecule has 0 saturated carbocycles. The molecule has 0 spiro atoms. The zero-order valence-electron chi connectivity index (χ0n) is 18.1. The van der Waals surface area contributed by atoms with Gasteiger partial charge in [-0.05, 0) is 56.5 Å². The van der Waals surface area contributed by atoms with Gasteiger partial charge < -0.3 is 21.1 Å². The summed E-state index contributed by atoms with van der Waals surface area (Å²) in [6.45, 7) is 3.04. The van der Waals surface area contributed by atoms with Crippen LogP contribution in [0.15, 0.2) is 30.6 Å². The fourth-order valence-electron chi connectivity index (χ4n) is 3.29. The van der Waals surface area contributed by atoms with Crippen molar-refractivity contribution in [3.05, 3.63) is 47.4 Å². The standard InChI is InChI=1S/C21H28FN5O4S/c1-21(2)20(23)24-8-3-4-14-5-6-16(10-15(14)13-32(21,29)30)27-19(28)17-11-26-18(12-25-17)31-9-7-22/h5-6,10-12,20,24H,3-4,7-9,13,23H2,1-2H3,(H,27,28). The van der Waals surface area contributed by atoms with Crippen LogP contribution in [0.25, 0.3) is 0 Å². The molecular formula is C21H28FN5O4S. The number of amides is 1. The second-order valence-corrected chi connectivity index (χ2v) is 10.7. The Hall–Kier alpha value is -2.63. The highest BCUT2D eigenvalue weighted by molar-refractivity contribution is 7.92. The summed E-state index contributed by atoms with van der Waals surface area (Å²) >= 11 is 0. The number of fused-ring (bicyclic) bond motifs is 1. The smallest absolute Gasteiger partial charge is 0.275 e. The van der Waals surface area contributed by atoms with E-state index in [2.05, 4.69) is 20.6 Å². The van der Waals surface area contributed by atoms with E-state index in [1.807, 2.05) is 6.07 Å². The van der Waals surface area contributed by atoms with Crippen LogP contribution in [0, 0.1) is 0 Å². The van der Waals surface area contributed by atoms with Crippen LogP contribution in [0.5, 0.6) is 5.88 Å². The average molecular weight is 466 g/mol. The molecule has 1 atom stereocenters. The van der Waals surface area contributed by atoms with Crippen LogP contribution in [-0.2, 0) is 22.0 Å². The van der Waals surface area contributed by atoms with Gasteiger partial charge in [0.05, 0.1) is 29.1 Å². The summed E-state index contributed by atoms with van der Waals surface area (Å²) in [4.78, 5) is 20.4. The molecule has 11 heteroatoms. The molecule has 1 amide bonds. The van der Waals surface area contributed by atoms with Crippen molar-refractivity contribution in [2.45, 2.75) is 43.4 Å². The maximum absolute atomic E-state index is 13.1. The van der Waals surface area contributed by atoms with Gasteiger partial charge in [-0.1, -0.05) is 6.07 Å². The minimum atomic E-state index is -3.60. The molecule has 0 bridgehead atoms. The van der Waals surface area contributed by atoms with Crippen molar-refractivity contribution in [3.63, 3.8) is 0 Å². The first-order chi connectivity index (χ1) is 15.1. The fourth-order valence-corrected chi connectivity index (χ4v) is 4.81. The van der Waals surface area contributed by atoms with Gasteiger partial charge in [-0.2, -0.15) is 0 Å². The molecule has 0 aliphatic carbocycles. The van der Waals surface area contributed by atoms with Crippen molar-refractivity contribution in [1.82, 2.24) is 15.3 Å². The van der Waals surface area contributed by atoms with Crippen LogP contribution in [-0.4, -0.2) is 55.0 Å². The highest BCUT2D eigenvalue weighted by Crippen LogP contribution is 2.28. The Kier molecular flexibility index (Phi) is 7.42. The number of carbonyl (C=O) groups is 1. The van der Waals surface area contributed by atoms with Crippen molar-refractivity contribution in [2.24, 2.45) is 5.73 Å². The van der Waals surface area contributed by atoms with Gasteiger partial charge in [-0.25, -0.2) is 22.8 Å². The highest BCUT2D eigenvalue weighted by atomic mass is 32.2. The number of halogens is 1. The Morgan fingerprint density at radius 3 is 2.78 bits per heavy atom. The Balaban J connectivity index is 1.82.